The van der Waals surface area contributed by atoms with Crippen LogP contribution in [-0.4, -0.2) is 161 Å². The minimum Gasteiger partial charge on any atom is -0.493 e. The van der Waals surface area contributed by atoms with Crippen LogP contribution < -0.4 is 44.4 Å². The summed E-state index contributed by atoms with van der Waals surface area (Å²) in [7, 11) is 5.26. The second-order valence-electron chi connectivity index (χ2n) is 26.6. The van der Waals surface area contributed by atoms with E-state index in [9.17, 15) is 0 Å². The lowest BCUT2D eigenvalue weighted by Crippen LogP contribution is -2.36. The van der Waals surface area contributed by atoms with Gasteiger partial charge in [-0.3, -0.25) is 24.8 Å². The standard InChI is InChI=1S/C71H97N9O7/c1-71(2)26-25-57-67(71)70(54-40-63(83-5)66(43-60(54)77-57)85-35-15-29-78-27-9-10-28-78)73-45-48-19-13-31-80(48)33-17-37-86-64-41-58-52(38-61(64)81-3)68(50-21-7-6-8-23-55(50)75-58)72-44-47-18-12-30-79(47)32-16-36-87-65-42-59-53(39-62(65)82-4)69(51-22-11-24-56(51)76-59)74-46-49-20-14-34-84-49/h38-43,47-49H,6-37,44-46H2,1-5H3,(H,72,75)(H,73,77)(H,74,76)/t47?,48?,49-/m1/s1. The third-order valence-corrected chi connectivity index (χ3v) is 20.4. The van der Waals surface area contributed by atoms with Gasteiger partial charge in [0.1, 0.15) is 0 Å². The van der Waals surface area contributed by atoms with Gasteiger partial charge in [-0.25, -0.2) is 0 Å². The van der Waals surface area contributed by atoms with E-state index in [0.29, 0.717) is 31.9 Å². The minimum absolute atomic E-state index is 0.0264. The van der Waals surface area contributed by atoms with E-state index in [-0.39, 0.29) is 11.5 Å². The van der Waals surface area contributed by atoms with Crippen LogP contribution in [0.25, 0.3) is 32.7 Å². The van der Waals surface area contributed by atoms with Gasteiger partial charge < -0.3 is 54.0 Å². The summed E-state index contributed by atoms with van der Waals surface area (Å²) < 4.78 is 43.8. The summed E-state index contributed by atoms with van der Waals surface area (Å²) in [6.07, 6.45) is 23.5. The number of ether oxygens (including phenoxy) is 7. The maximum Gasteiger partial charge on any atom is 0.163 e. The van der Waals surface area contributed by atoms with Gasteiger partial charge in [-0.05, 0) is 189 Å². The van der Waals surface area contributed by atoms with Gasteiger partial charge in [0.05, 0.1) is 63.8 Å². The molecule has 3 aromatic heterocycles. The summed E-state index contributed by atoms with van der Waals surface area (Å²) in [5, 5.41) is 15.2. The first-order valence-electron chi connectivity index (χ1n) is 33.8. The van der Waals surface area contributed by atoms with Crippen molar-refractivity contribution in [2.45, 2.75) is 172 Å². The van der Waals surface area contributed by atoms with Gasteiger partial charge in [0, 0.05) is 132 Å². The van der Waals surface area contributed by atoms with Crippen LogP contribution in [0.3, 0.4) is 0 Å². The molecule has 16 nitrogen and oxygen atoms in total. The monoisotopic (exact) mass is 1190 g/mol. The van der Waals surface area contributed by atoms with E-state index in [0.717, 1.165) is 210 Å². The highest BCUT2D eigenvalue weighted by molar-refractivity contribution is 5.98. The van der Waals surface area contributed by atoms with Gasteiger partial charge in [0.25, 0.3) is 0 Å². The third-order valence-electron chi connectivity index (χ3n) is 20.4. The maximum absolute atomic E-state index is 6.69. The Kier molecular flexibility index (Phi) is 18.8. The lowest BCUT2D eigenvalue weighted by atomic mass is 9.85. The van der Waals surface area contributed by atoms with Crippen molar-refractivity contribution in [2.75, 3.05) is 129 Å². The van der Waals surface area contributed by atoms with E-state index < -0.39 is 0 Å². The molecule has 3 atom stereocenters. The van der Waals surface area contributed by atoms with Crippen molar-refractivity contribution < 1.29 is 33.2 Å². The average Bonchev–Trinajstić information content (AvgIpc) is 1.81. The third kappa shape index (κ3) is 13.2. The second kappa shape index (κ2) is 27.4. The van der Waals surface area contributed by atoms with E-state index in [1.54, 1.807) is 21.3 Å². The molecule has 13 rings (SSSR count). The first-order valence-corrected chi connectivity index (χ1v) is 33.8. The highest BCUT2D eigenvalue weighted by Gasteiger charge is 2.36. The van der Waals surface area contributed by atoms with Gasteiger partial charge >= 0.3 is 0 Å². The minimum atomic E-state index is 0.0264. The number of rotatable bonds is 27. The van der Waals surface area contributed by atoms with Crippen LogP contribution in [0.2, 0.25) is 0 Å². The van der Waals surface area contributed by atoms with Gasteiger partial charge in [0.2, 0.25) is 0 Å². The summed E-state index contributed by atoms with van der Waals surface area (Å²) in [5.74, 6) is 4.59. The number of nitrogens with one attached hydrogen (secondary N) is 3. The predicted octanol–water partition coefficient (Wildman–Crippen LogP) is 12.5. The summed E-state index contributed by atoms with van der Waals surface area (Å²) in [6, 6.07) is 13.7. The van der Waals surface area contributed by atoms with Crippen molar-refractivity contribution in [1.82, 2.24) is 29.7 Å². The van der Waals surface area contributed by atoms with Crippen LogP contribution in [0.1, 0.15) is 150 Å². The largest absolute Gasteiger partial charge is 0.493 e. The van der Waals surface area contributed by atoms with E-state index in [4.69, 9.17) is 48.1 Å². The molecule has 7 aliphatic rings. The molecular formula is C71H97N9O7. The Hall–Kier alpha value is -6.07. The Morgan fingerprint density at radius 2 is 0.977 bits per heavy atom. The van der Waals surface area contributed by atoms with Crippen molar-refractivity contribution in [1.29, 1.82) is 0 Å². The predicted molar refractivity (Wildman–Crippen MR) is 349 cm³/mol. The highest BCUT2D eigenvalue weighted by atomic mass is 16.5. The fourth-order valence-electron chi connectivity index (χ4n) is 15.7. The van der Waals surface area contributed by atoms with Crippen LogP contribution >= 0.6 is 0 Å². The zero-order chi connectivity index (χ0) is 59.3. The van der Waals surface area contributed by atoms with Crippen molar-refractivity contribution >= 4 is 49.8 Å². The molecule has 87 heavy (non-hydrogen) atoms. The van der Waals surface area contributed by atoms with Crippen LogP contribution in [0.15, 0.2) is 36.4 Å². The maximum atomic E-state index is 6.69. The number of anilines is 3. The molecule has 3 aromatic carbocycles. The smallest absolute Gasteiger partial charge is 0.163 e. The van der Waals surface area contributed by atoms with Crippen LogP contribution in [0.4, 0.5) is 17.1 Å². The summed E-state index contributed by atoms with van der Waals surface area (Å²) in [5.41, 5.74) is 14.3. The Balaban J connectivity index is 0.633. The van der Waals surface area contributed by atoms with Gasteiger partial charge in [-0.2, -0.15) is 0 Å². The first-order chi connectivity index (χ1) is 42.7. The number of aromatic nitrogens is 3. The number of hydrogen-bond acceptors (Lipinski definition) is 16. The Bertz CT molecular complexity index is 3380. The number of methoxy groups -OCH3 is 3. The molecule has 0 bridgehead atoms. The molecule has 2 unspecified atom stereocenters. The number of nitrogens with zero attached hydrogens (tertiary/aromatic N) is 6. The zero-order valence-corrected chi connectivity index (χ0v) is 53.0. The number of pyridine rings is 3. The number of likely N-dealkylation sites (tertiary alicyclic amines) is 3. The lowest BCUT2D eigenvalue weighted by Gasteiger charge is -2.28. The summed E-state index contributed by atoms with van der Waals surface area (Å²) in [4.78, 5) is 23.7. The fraction of sp³-hybridized carbons (Fsp3) is 0.620. The lowest BCUT2D eigenvalue weighted by molar-refractivity contribution is 0.120. The SMILES string of the molecule is COc1cc2c(NCC3CCCN3CCCOc3cc4nc5c(c(NCC6CCCN6CCCOc6cc7nc8c(c(NC[C@H]9CCCO9)c7cc6OC)CCC8)c4cc3OC)CCCCC5)c3c(nc2cc1OCCCN1CCCC1)CCC3(C)C. The second-order valence-corrected chi connectivity index (χ2v) is 26.6. The first kappa shape index (κ1) is 59.9. The Labute approximate surface area is 516 Å². The molecule has 3 N–H and O–H groups in total. The number of hydrogen-bond donors (Lipinski definition) is 3. The number of fused-ring (bicyclic) bond motifs is 6. The van der Waals surface area contributed by atoms with Crippen LogP contribution in [0, 0.1) is 0 Å². The summed E-state index contributed by atoms with van der Waals surface area (Å²) in [6.45, 7) is 17.7. The van der Waals surface area contributed by atoms with E-state index in [2.05, 4.69) is 80.9 Å². The number of benzene rings is 3. The normalized spacial score (nSPS) is 21.1. The summed E-state index contributed by atoms with van der Waals surface area (Å²) >= 11 is 0. The quantitative estimate of drug-likeness (QED) is 0.0331. The number of aryl methyl sites for hydroxylation is 3. The van der Waals surface area contributed by atoms with E-state index >= 15 is 0 Å². The fourth-order valence-corrected chi connectivity index (χ4v) is 15.7. The van der Waals surface area contributed by atoms with Crippen molar-refractivity contribution in [3.05, 3.63) is 70.2 Å². The molecule has 4 aliphatic heterocycles. The molecule has 16 heteroatoms. The van der Waals surface area contributed by atoms with E-state index in [1.807, 2.05) is 0 Å². The molecule has 6 aromatic rings. The Morgan fingerprint density at radius 3 is 1.53 bits per heavy atom. The molecule has 3 aliphatic carbocycles. The molecule has 0 spiro atoms. The van der Waals surface area contributed by atoms with Crippen molar-refractivity contribution in [3.8, 4) is 34.5 Å². The molecule has 4 fully saturated rings. The molecule has 4 saturated heterocycles. The molecule has 0 amide bonds. The topological polar surface area (TPSA) is 149 Å². The van der Waals surface area contributed by atoms with Crippen molar-refractivity contribution in [3.63, 3.8) is 0 Å². The average molecular weight is 1190 g/mol. The zero-order valence-electron chi connectivity index (χ0n) is 53.0. The molecule has 468 valence electrons. The van der Waals surface area contributed by atoms with Gasteiger partial charge in [0.15, 0.2) is 34.5 Å². The van der Waals surface area contributed by atoms with Crippen LogP contribution in [-0.2, 0) is 42.3 Å². The van der Waals surface area contributed by atoms with Gasteiger partial charge in [-0.1, -0.05) is 20.3 Å². The molecule has 0 radical (unpaired) electrons. The molecule has 7 heterocycles. The van der Waals surface area contributed by atoms with E-state index in [1.165, 1.54) is 115 Å². The van der Waals surface area contributed by atoms with Crippen molar-refractivity contribution in [2.24, 2.45) is 0 Å². The molecule has 0 saturated carbocycles. The molecular weight excluding hydrogens is 1090 g/mol. The van der Waals surface area contributed by atoms with Crippen LogP contribution in [0.5, 0.6) is 34.5 Å². The van der Waals surface area contributed by atoms with Gasteiger partial charge in [-0.15, -0.1) is 0 Å². The highest BCUT2D eigenvalue weighted by Crippen LogP contribution is 2.48. The Morgan fingerprint density at radius 1 is 0.483 bits per heavy atom.